The molecular weight excluding hydrogens is 382 g/mol. The van der Waals surface area contributed by atoms with Crippen molar-refractivity contribution in [1.82, 2.24) is 25.5 Å². The number of amides is 1. The number of carbonyl (C=O) groups excluding carboxylic acids is 1. The summed E-state index contributed by atoms with van der Waals surface area (Å²) in [4.78, 5) is 19.7. The van der Waals surface area contributed by atoms with E-state index in [0.717, 1.165) is 10.9 Å². The maximum Gasteiger partial charge on any atom is 0.268 e. The number of aromatic nitrogens is 2. The number of halogens is 1. The van der Waals surface area contributed by atoms with E-state index in [4.69, 9.17) is 11.6 Å². The van der Waals surface area contributed by atoms with E-state index in [1.54, 1.807) is 12.1 Å². The summed E-state index contributed by atoms with van der Waals surface area (Å²) in [6.07, 6.45) is 0.365. The highest BCUT2D eigenvalue weighted by Crippen LogP contribution is 2.18. The number of benzene rings is 1. The minimum absolute atomic E-state index is 0.284. The molecule has 0 bridgehead atoms. The van der Waals surface area contributed by atoms with Gasteiger partial charge in [0.2, 0.25) is 0 Å². The molecule has 0 fully saturated rings. The number of hydrogen-bond donors (Lipinski definition) is 3. The molecule has 2 atom stereocenters. The zero-order chi connectivity index (χ0) is 20.3. The highest BCUT2D eigenvalue weighted by Gasteiger charge is 2.25. The number of aliphatic hydroxyl groups excluding tert-OH is 1. The van der Waals surface area contributed by atoms with Crippen LogP contribution in [0.3, 0.4) is 0 Å². The summed E-state index contributed by atoms with van der Waals surface area (Å²) >= 11 is 5.88. The van der Waals surface area contributed by atoms with E-state index in [1.807, 2.05) is 30.3 Å². The number of fused-ring (bicyclic) bond motifs is 1. The van der Waals surface area contributed by atoms with Gasteiger partial charge >= 0.3 is 0 Å². The van der Waals surface area contributed by atoms with Crippen LogP contribution in [0.1, 0.15) is 16.1 Å². The van der Waals surface area contributed by atoms with E-state index in [9.17, 15) is 15.1 Å². The zero-order valence-electron chi connectivity index (χ0n) is 15.5. The summed E-state index contributed by atoms with van der Waals surface area (Å²) in [5, 5.41) is 28.1. The van der Waals surface area contributed by atoms with E-state index in [1.165, 1.54) is 25.3 Å². The number of nitrogens with one attached hydrogen (secondary N) is 2. The lowest BCUT2D eigenvalue weighted by Gasteiger charge is -2.42. The second kappa shape index (κ2) is 8.68. The first-order chi connectivity index (χ1) is 13.3. The summed E-state index contributed by atoms with van der Waals surface area (Å²) in [7, 11) is 3.04. The van der Waals surface area contributed by atoms with Gasteiger partial charge in [0.15, 0.2) is 0 Å². The van der Waals surface area contributed by atoms with Crippen LogP contribution in [-0.4, -0.2) is 57.5 Å². The van der Waals surface area contributed by atoms with E-state index in [-0.39, 0.29) is 12.1 Å². The first-order valence-corrected chi connectivity index (χ1v) is 9.03. The van der Waals surface area contributed by atoms with Crippen LogP contribution in [0, 0.1) is 5.21 Å². The van der Waals surface area contributed by atoms with Gasteiger partial charge in [-0.15, -0.1) is 0 Å². The van der Waals surface area contributed by atoms with E-state index in [0.29, 0.717) is 15.8 Å². The Morgan fingerprint density at radius 3 is 2.71 bits per heavy atom. The van der Waals surface area contributed by atoms with Crippen LogP contribution in [-0.2, 0) is 6.42 Å². The first-order valence-electron chi connectivity index (χ1n) is 8.66. The van der Waals surface area contributed by atoms with Gasteiger partial charge in [-0.05, 0) is 24.1 Å². The van der Waals surface area contributed by atoms with Gasteiger partial charge in [0.25, 0.3) is 5.91 Å². The summed E-state index contributed by atoms with van der Waals surface area (Å²) < 4.78 is 0. The summed E-state index contributed by atoms with van der Waals surface area (Å²) in [6, 6.07) is 11.8. The van der Waals surface area contributed by atoms with Crippen molar-refractivity contribution in [2.45, 2.75) is 18.7 Å². The smallest absolute Gasteiger partial charge is 0.268 e. The van der Waals surface area contributed by atoms with Gasteiger partial charge in [0, 0.05) is 19.5 Å². The normalized spacial score (nSPS) is 13.8. The van der Waals surface area contributed by atoms with Crippen LogP contribution in [0.15, 0.2) is 48.7 Å². The molecule has 3 N–H and O–H groups in total. The third-order valence-electron chi connectivity index (χ3n) is 4.31. The molecule has 1 amide bonds. The van der Waals surface area contributed by atoms with Gasteiger partial charge in [-0.2, -0.15) is 0 Å². The molecule has 2 heterocycles. The second-order valence-electron chi connectivity index (χ2n) is 6.61. The molecule has 0 aliphatic carbocycles. The van der Waals surface area contributed by atoms with Crippen LogP contribution < -0.4 is 5.32 Å². The first kappa shape index (κ1) is 20.2. The van der Waals surface area contributed by atoms with Crippen molar-refractivity contribution in [3.8, 4) is 0 Å². The standard InChI is InChI=1S/C19H21ClN5O3/c1-24(2)25(28)19(27)15(8-12-6-4-3-5-7-12)23-18(26)14-9-13-10-17(20)21-11-16(13)22-14/h3-7,9-11,15,19,22,27H,8H2,1-2H3,(H,23,26)/q-1/t15-,19-/m0/s1. The van der Waals surface area contributed by atoms with Crippen molar-refractivity contribution >= 4 is 28.4 Å². The fraction of sp³-hybridized carbons (Fsp3) is 0.263. The third-order valence-corrected chi connectivity index (χ3v) is 4.52. The van der Waals surface area contributed by atoms with Crippen molar-refractivity contribution < 1.29 is 9.90 Å². The van der Waals surface area contributed by atoms with Crippen LogP contribution in [0.2, 0.25) is 5.15 Å². The van der Waals surface area contributed by atoms with Crippen LogP contribution in [0.25, 0.3) is 10.9 Å². The van der Waals surface area contributed by atoms with Crippen molar-refractivity contribution in [2.75, 3.05) is 14.1 Å². The van der Waals surface area contributed by atoms with Gasteiger partial charge in [-0.1, -0.05) is 41.9 Å². The fourth-order valence-electron chi connectivity index (χ4n) is 2.86. The predicted molar refractivity (Wildman–Crippen MR) is 107 cm³/mol. The van der Waals surface area contributed by atoms with Crippen molar-refractivity contribution in [2.24, 2.45) is 0 Å². The van der Waals surface area contributed by atoms with E-state index < -0.39 is 18.2 Å². The number of hydrazine groups is 1. The number of hydrogen-bond acceptors (Lipinski definition) is 6. The maximum absolute atomic E-state index is 12.8. The molecule has 3 rings (SSSR count). The molecule has 0 saturated carbocycles. The highest BCUT2D eigenvalue weighted by atomic mass is 35.5. The fourth-order valence-corrected chi connectivity index (χ4v) is 3.03. The van der Waals surface area contributed by atoms with Gasteiger partial charge in [-0.3, -0.25) is 15.0 Å². The predicted octanol–water partition coefficient (Wildman–Crippen LogP) is 2.15. The molecule has 2 aromatic heterocycles. The average Bonchev–Trinajstić information content (AvgIpc) is 3.10. The van der Waals surface area contributed by atoms with Crippen molar-refractivity contribution in [3.05, 3.63) is 70.3 Å². The molecule has 0 spiro atoms. The number of H-pyrrole nitrogens is 1. The topological polar surface area (TPSA) is 108 Å². The van der Waals surface area contributed by atoms with Gasteiger partial charge < -0.3 is 20.6 Å². The van der Waals surface area contributed by atoms with E-state index in [2.05, 4.69) is 15.3 Å². The maximum atomic E-state index is 12.8. The molecule has 0 unspecified atom stereocenters. The monoisotopic (exact) mass is 402 g/mol. The Labute approximate surface area is 167 Å². The SMILES string of the molecule is CN(C)N([O-])[C@@H](O)[C@H](Cc1ccccc1)NC(=O)c1cc2cc(Cl)ncc2[nH]1. The quantitative estimate of drug-likeness (QED) is 0.317. The molecule has 0 aliphatic heterocycles. The number of hydroxylamine groups is 1. The largest absolute Gasteiger partial charge is 0.770 e. The zero-order valence-corrected chi connectivity index (χ0v) is 16.2. The molecule has 0 radical (unpaired) electrons. The lowest BCUT2D eigenvalue weighted by molar-refractivity contribution is -0.0932. The van der Waals surface area contributed by atoms with Crippen molar-refractivity contribution in [3.63, 3.8) is 0 Å². The lowest BCUT2D eigenvalue weighted by Crippen LogP contribution is -2.54. The summed E-state index contributed by atoms with van der Waals surface area (Å²) in [5.41, 5.74) is 1.83. The third kappa shape index (κ3) is 4.67. The molecule has 1 aromatic carbocycles. The minimum Gasteiger partial charge on any atom is -0.770 e. The molecule has 0 saturated heterocycles. The summed E-state index contributed by atoms with van der Waals surface area (Å²) in [5.74, 6) is -0.445. The second-order valence-corrected chi connectivity index (χ2v) is 7.00. The highest BCUT2D eigenvalue weighted by molar-refractivity contribution is 6.30. The molecule has 8 nitrogen and oxygen atoms in total. The van der Waals surface area contributed by atoms with Crippen LogP contribution in [0.4, 0.5) is 0 Å². The van der Waals surface area contributed by atoms with Crippen molar-refractivity contribution in [1.29, 1.82) is 0 Å². The molecule has 28 heavy (non-hydrogen) atoms. The van der Waals surface area contributed by atoms with Crippen LogP contribution in [0.5, 0.6) is 0 Å². The number of aromatic amines is 1. The lowest BCUT2D eigenvalue weighted by atomic mass is 10.0. The number of pyridine rings is 1. The number of aliphatic hydroxyl groups is 1. The number of nitrogens with zero attached hydrogens (tertiary/aromatic N) is 3. The molecule has 3 aromatic rings. The molecule has 0 aliphatic rings. The Balaban J connectivity index is 1.83. The Hall–Kier alpha value is -2.49. The number of rotatable bonds is 7. The Bertz CT molecular complexity index is 947. The van der Waals surface area contributed by atoms with Gasteiger partial charge in [-0.25, -0.2) is 4.98 Å². The van der Waals surface area contributed by atoms with Crippen LogP contribution >= 0.6 is 11.6 Å². The Kier molecular flexibility index (Phi) is 6.28. The van der Waals surface area contributed by atoms with E-state index >= 15 is 0 Å². The molecule has 9 heteroatoms. The molecule has 148 valence electrons. The Morgan fingerprint density at radius 2 is 2.04 bits per heavy atom. The number of carbonyl (C=O) groups is 1. The van der Waals surface area contributed by atoms with Gasteiger partial charge in [0.1, 0.15) is 17.1 Å². The average molecular weight is 403 g/mol. The minimum atomic E-state index is -1.46. The Morgan fingerprint density at radius 1 is 1.32 bits per heavy atom. The van der Waals surface area contributed by atoms with Gasteiger partial charge in [0.05, 0.1) is 17.8 Å². The molecular formula is C19H21ClN5O3-. The summed E-state index contributed by atoms with van der Waals surface area (Å²) in [6.45, 7) is 0.